The number of amides is 2. The molecule has 1 N–H and O–H groups in total. The molecule has 0 bridgehead atoms. The highest BCUT2D eigenvalue weighted by Gasteiger charge is 2.19. The Morgan fingerprint density at radius 3 is 2.45 bits per heavy atom. The van der Waals surface area contributed by atoms with Crippen LogP contribution in [0, 0.1) is 0 Å². The molecule has 0 aliphatic heterocycles. The number of hydrogen-bond donors (Lipinski definition) is 1. The minimum atomic E-state index is -0.573. The van der Waals surface area contributed by atoms with Crippen LogP contribution in [0.5, 0.6) is 0 Å². The maximum atomic E-state index is 12.5. The van der Waals surface area contributed by atoms with E-state index in [1.807, 2.05) is 0 Å². The number of halogens is 2. The summed E-state index contributed by atoms with van der Waals surface area (Å²) in [5.74, 6) is 0.0687. The van der Waals surface area contributed by atoms with Crippen molar-refractivity contribution in [2.24, 2.45) is 0 Å². The minimum Gasteiger partial charge on any atom is -0.444 e. The maximum absolute atomic E-state index is 12.5. The molecule has 0 fully saturated rings. The summed E-state index contributed by atoms with van der Waals surface area (Å²) in [6, 6.07) is 10.0. The molecule has 0 atom stereocenters. The largest absolute Gasteiger partial charge is 0.444 e. The Morgan fingerprint density at radius 2 is 1.81 bits per heavy atom. The van der Waals surface area contributed by atoms with Crippen molar-refractivity contribution in [2.75, 3.05) is 20.1 Å². The quantitative estimate of drug-likeness (QED) is 0.547. The fourth-order valence-corrected chi connectivity index (χ4v) is 3.26. The van der Waals surface area contributed by atoms with Crippen LogP contribution in [-0.2, 0) is 4.74 Å². The first kappa shape index (κ1) is 22.9. The van der Waals surface area contributed by atoms with Crippen molar-refractivity contribution in [3.63, 3.8) is 0 Å². The van der Waals surface area contributed by atoms with E-state index in [2.05, 4.69) is 10.3 Å². The van der Waals surface area contributed by atoms with E-state index < -0.39 is 11.7 Å². The summed E-state index contributed by atoms with van der Waals surface area (Å²) in [4.78, 5) is 30.3. The smallest absolute Gasteiger partial charge is 0.410 e. The summed E-state index contributed by atoms with van der Waals surface area (Å²) in [5.41, 5.74) is 1.55. The zero-order valence-corrected chi connectivity index (χ0v) is 19.2. The average molecular weight is 464 g/mol. The van der Waals surface area contributed by atoms with E-state index in [0.717, 1.165) is 0 Å². The van der Waals surface area contributed by atoms with Crippen LogP contribution in [-0.4, -0.2) is 47.6 Å². The van der Waals surface area contributed by atoms with E-state index >= 15 is 0 Å². The van der Waals surface area contributed by atoms with Crippen LogP contribution in [0.4, 0.5) is 4.79 Å². The number of rotatable bonds is 5. The monoisotopic (exact) mass is 463 g/mol. The zero-order chi connectivity index (χ0) is 22.8. The van der Waals surface area contributed by atoms with Crippen molar-refractivity contribution < 1.29 is 18.7 Å². The van der Waals surface area contributed by atoms with Gasteiger partial charge in [0.15, 0.2) is 5.58 Å². The number of nitrogens with one attached hydrogen (secondary N) is 1. The van der Waals surface area contributed by atoms with Gasteiger partial charge in [0.05, 0.1) is 0 Å². The van der Waals surface area contributed by atoms with Gasteiger partial charge in [-0.05, 0) is 57.2 Å². The summed E-state index contributed by atoms with van der Waals surface area (Å²) >= 11 is 12.1. The topological polar surface area (TPSA) is 84.7 Å². The van der Waals surface area contributed by atoms with Gasteiger partial charge in [-0.3, -0.25) is 4.79 Å². The van der Waals surface area contributed by atoms with E-state index in [0.29, 0.717) is 44.7 Å². The molecular formula is C22H23Cl2N3O4. The average Bonchev–Trinajstić information content (AvgIpc) is 3.09. The zero-order valence-electron chi connectivity index (χ0n) is 17.7. The van der Waals surface area contributed by atoms with Gasteiger partial charge in [0.25, 0.3) is 5.91 Å². The normalized spacial score (nSPS) is 11.4. The molecule has 0 spiro atoms. The summed E-state index contributed by atoms with van der Waals surface area (Å²) in [6.07, 6.45) is -0.446. The van der Waals surface area contributed by atoms with Crippen molar-refractivity contribution in [3.05, 3.63) is 52.0 Å². The molecule has 0 saturated heterocycles. The summed E-state index contributed by atoms with van der Waals surface area (Å²) in [6.45, 7) is 5.98. The van der Waals surface area contributed by atoms with Crippen LogP contribution < -0.4 is 5.32 Å². The van der Waals surface area contributed by atoms with Crippen LogP contribution in [0.25, 0.3) is 22.6 Å². The fourth-order valence-electron chi connectivity index (χ4n) is 2.74. The SMILES string of the molecule is CN(CCNC(=O)c1ccc2nc(-c3cc(Cl)cc(Cl)c3)oc2c1)C(=O)OC(C)(C)C. The Balaban J connectivity index is 1.65. The molecule has 3 aromatic rings. The first-order valence-corrected chi connectivity index (χ1v) is 10.4. The van der Waals surface area contributed by atoms with Crippen molar-refractivity contribution >= 4 is 46.3 Å². The Bertz CT molecular complexity index is 1100. The first-order valence-electron chi connectivity index (χ1n) is 9.61. The van der Waals surface area contributed by atoms with E-state index in [4.69, 9.17) is 32.4 Å². The number of benzene rings is 2. The Hall–Kier alpha value is -2.77. The maximum Gasteiger partial charge on any atom is 0.410 e. The van der Waals surface area contributed by atoms with Crippen LogP contribution in [0.2, 0.25) is 10.0 Å². The van der Waals surface area contributed by atoms with E-state index in [1.165, 1.54) is 4.90 Å². The second kappa shape index (κ2) is 9.16. The minimum absolute atomic E-state index is 0.273. The summed E-state index contributed by atoms with van der Waals surface area (Å²) in [7, 11) is 1.62. The standard InChI is InChI=1S/C22H23Cl2N3O4/c1-22(2,3)31-21(29)27(4)8-7-25-19(28)13-5-6-17-18(11-13)30-20(26-17)14-9-15(23)12-16(24)10-14/h5-6,9-12H,7-8H2,1-4H3,(H,25,28). The Labute approximate surface area is 190 Å². The lowest BCUT2D eigenvalue weighted by Crippen LogP contribution is -2.39. The van der Waals surface area contributed by atoms with Gasteiger partial charge in [0.2, 0.25) is 5.89 Å². The molecule has 1 heterocycles. The molecular weight excluding hydrogens is 441 g/mol. The number of ether oxygens (including phenoxy) is 1. The van der Waals surface area contributed by atoms with Crippen LogP contribution >= 0.6 is 23.2 Å². The van der Waals surface area contributed by atoms with Crippen molar-refractivity contribution in [3.8, 4) is 11.5 Å². The highest BCUT2D eigenvalue weighted by atomic mass is 35.5. The third-order valence-corrected chi connectivity index (χ3v) is 4.63. The molecule has 0 aliphatic carbocycles. The van der Waals surface area contributed by atoms with Gasteiger partial charge in [0, 0.05) is 41.3 Å². The molecule has 3 rings (SSSR count). The third-order valence-electron chi connectivity index (χ3n) is 4.20. The number of fused-ring (bicyclic) bond motifs is 1. The van der Waals surface area contributed by atoms with E-state index in [9.17, 15) is 9.59 Å². The number of nitrogens with zero attached hydrogens (tertiary/aromatic N) is 2. The first-order chi connectivity index (χ1) is 14.5. The Morgan fingerprint density at radius 1 is 1.13 bits per heavy atom. The molecule has 0 aliphatic rings. The number of carbonyl (C=O) groups is 2. The lowest BCUT2D eigenvalue weighted by Gasteiger charge is -2.24. The van der Waals surface area contributed by atoms with E-state index in [1.54, 1.807) is 64.2 Å². The van der Waals surface area contributed by atoms with Crippen LogP contribution in [0.1, 0.15) is 31.1 Å². The van der Waals surface area contributed by atoms with Gasteiger partial charge in [-0.2, -0.15) is 0 Å². The third kappa shape index (κ3) is 6.12. The lowest BCUT2D eigenvalue weighted by molar-refractivity contribution is 0.0299. The predicted molar refractivity (Wildman–Crippen MR) is 121 cm³/mol. The van der Waals surface area contributed by atoms with E-state index in [-0.39, 0.29) is 12.5 Å². The second-order valence-corrected chi connectivity index (χ2v) is 8.89. The molecule has 31 heavy (non-hydrogen) atoms. The van der Waals surface area contributed by atoms with Gasteiger partial charge < -0.3 is 19.4 Å². The highest BCUT2D eigenvalue weighted by molar-refractivity contribution is 6.35. The molecule has 2 aromatic carbocycles. The summed E-state index contributed by atoms with van der Waals surface area (Å²) < 4.78 is 11.1. The van der Waals surface area contributed by atoms with Gasteiger partial charge in [-0.15, -0.1) is 0 Å². The van der Waals surface area contributed by atoms with Crippen LogP contribution in [0.15, 0.2) is 40.8 Å². The molecule has 7 nitrogen and oxygen atoms in total. The lowest BCUT2D eigenvalue weighted by atomic mass is 10.2. The Kier molecular flexibility index (Phi) is 6.77. The van der Waals surface area contributed by atoms with Gasteiger partial charge >= 0.3 is 6.09 Å². The molecule has 2 amide bonds. The van der Waals surface area contributed by atoms with Crippen molar-refractivity contribution in [1.82, 2.24) is 15.2 Å². The van der Waals surface area contributed by atoms with Crippen LogP contribution in [0.3, 0.4) is 0 Å². The fraction of sp³-hybridized carbons (Fsp3) is 0.318. The number of carbonyl (C=O) groups excluding carboxylic acids is 2. The van der Waals surface area contributed by atoms with Gasteiger partial charge in [0.1, 0.15) is 11.1 Å². The van der Waals surface area contributed by atoms with Gasteiger partial charge in [-0.1, -0.05) is 23.2 Å². The number of oxazole rings is 1. The molecule has 0 radical (unpaired) electrons. The van der Waals surface area contributed by atoms with Gasteiger partial charge in [-0.25, -0.2) is 9.78 Å². The number of likely N-dealkylation sites (N-methyl/N-ethyl adjacent to an activating group) is 1. The second-order valence-electron chi connectivity index (χ2n) is 8.02. The predicted octanol–water partition coefficient (Wildman–Crippen LogP) is 5.40. The summed E-state index contributed by atoms with van der Waals surface area (Å²) in [5, 5.41) is 3.73. The van der Waals surface area contributed by atoms with Crippen molar-refractivity contribution in [2.45, 2.75) is 26.4 Å². The molecule has 164 valence electrons. The molecule has 0 saturated carbocycles. The number of aromatic nitrogens is 1. The molecule has 9 heteroatoms. The molecule has 1 aromatic heterocycles. The molecule has 0 unspecified atom stereocenters. The van der Waals surface area contributed by atoms with Crippen molar-refractivity contribution in [1.29, 1.82) is 0 Å². The number of hydrogen-bond acceptors (Lipinski definition) is 5. The highest BCUT2D eigenvalue weighted by Crippen LogP contribution is 2.29.